The van der Waals surface area contributed by atoms with E-state index >= 15 is 0 Å². The van der Waals surface area contributed by atoms with Gasteiger partial charge in [-0.05, 0) is 49.1 Å². The van der Waals surface area contributed by atoms with Gasteiger partial charge in [0.2, 0.25) is 0 Å². The Morgan fingerprint density at radius 1 is 1.00 bits per heavy atom. The molecule has 2 aliphatic heterocycles. The highest BCUT2D eigenvalue weighted by molar-refractivity contribution is 7.92. The summed E-state index contributed by atoms with van der Waals surface area (Å²) in [6.45, 7) is 1.41. The molecule has 0 saturated carbocycles. The monoisotopic (exact) mass is 360 g/mol. The van der Waals surface area contributed by atoms with E-state index in [-0.39, 0.29) is 4.90 Å². The summed E-state index contributed by atoms with van der Waals surface area (Å²) in [4.78, 5) is 0.204. The Hall–Kier alpha value is -2.41. The van der Waals surface area contributed by atoms with Crippen molar-refractivity contribution in [2.75, 3.05) is 29.8 Å². The van der Waals surface area contributed by atoms with Gasteiger partial charge in [0.25, 0.3) is 10.0 Å². The van der Waals surface area contributed by atoms with E-state index in [2.05, 4.69) is 0 Å². The maximum atomic E-state index is 13.2. The van der Waals surface area contributed by atoms with Gasteiger partial charge in [0.1, 0.15) is 13.2 Å². The van der Waals surface area contributed by atoms with E-state index in [4.69, 9.17) is 15.2 Å². The molecule has 0 fully saturated rings. The number of fused-ring (bicyclic) bond motifs is 2. The van der Waals surface area contributed by atoms with Crippen LogP contribution in [0.1, 0.15) is 18.4 Å². The number of nitrogen functional groups attached to an aromatic ring is 1. The minimum atomic E-state index is -3.69. The number of hydrogen-bond donors (Lipinski definition) is 1. The Kier molecular flexibility index (Phi) is 3.95. The Bertz CT molecular complexity index is 911. The van der Waals surface area contributed by atoms with Gasteiger partial charge in [-0.25, -0.2) is 8.42 Å². The average Bonchev–Trinajstić information content (AvgIpc) is 2.82. The van der Waals surface area contributed by atoms with Gasteiger partial charge in [0, 0.05) is 18.3 Å². The smallest absolute Gasteiger partial charge is 0.264 e. The van der Waals surface area contributed by atoms with E-state index in [0.29, 0.717) is 42.6 Å². The number of nitrogens with zero attached hydrogens (tertiary/aromatic N) is 1. The number of anilines is 2. The van der Waals surface area contributed by atoms with E-state index in [9.17, 15) is 8.42 Å². The fourth-order valence-corrected chi connectivity index (χ4v) is 4.88. The van der Waals surface area contributed by atoms with Crippen LogP contribution >= 0.6 is 0 Å². The molecule has 0 amide bonds. The van der Waals surface area contributed by atoms with Crippen molar-refractivity contribution >= 4 is 21.4 Å². The van der Waals surface area contributed by atoms with Crippen LogP contribution in [0.25, 0.3) is 0 Å². The van der Waals surface area contributed by atoms with Gasteiger partial charge in [-0.3, -0.25) is 4.31 Å². The molecule has 0 aromatic heterocycles. The number of hydrogen-bond acceptors (Lipinski definition) is 5. The minimum absolute atomic E-state index is 0.204. The molecule has 4 rings (SSSR count). The fraction of sp³-hybridized carbons (Fsp3) is 0.333. The summed E-state index contributed by atoms with van der Waals surface area (Å²) in [6, 6.07) is 10.1. The third-order valence-corrected chi connectivity index (χ3v) is 6.32. The molecule has 0 aliphatic carbocycles. The average molecular weight is 360 g/mol. The first kappa shape index (κ1) is 16.1. The molecular formula is C18H20N2O4S. The number of nitrogens with two attached hydrogens (primary N) is 1. The Morgan fingerprint density at radius 3 is 2.52 bits per heavy atom. The van der Waals surface area contributed by atoms with Gasteiger partial charge in [-0.15, -0.1) is 0 Å². The Balaban J connectivity index is 1.83. The van der Waals surface area contributed by atoms with Crippen LogP contribution in [0, 0.1) is 0 Å². The van der Waals surface area contributed by atoms with Crippen LogP contribution in [-0.4, -0.2) is 28.2 Å². The molecule has 7 heteroatoms. The van der Waals surface area contributed by atoms with E-state index in [1.54, 1.807) is 24.3 Å². The zero-order valence-electron chi connectivity index (χ0n) is 13.8. The highest BCUT2D eigenvalue weighted by Gasteiger charge is 2.30. The van der Waals surface area contributed by atoms with Crippen LogP contribution < -0.4 is 19.5 Å². The third kappa shape index (κ3) is 2.89. The highest BCUT2D eigenvalue weighted by atomic mass is 32.2. The summed E-state index contributed by atoms with van der Waals surface area (Å²) in [6.07, 6.45) is 2.53. The van der Waals surface area contributed by atoms with E-state index in [1.807, 2.05) is 6.07 Å². The van der Waals surface area contributed by atoms with Crippen molar-refractivity contribution in [3.63, 3.8) is 0 Å². The summed E-state index contributed by atoms with van der Waals surface area (Å²) in [5.41, 5.74) is 7.85. The summed E-state index contributed by atoms with van der Waals surface area (Å²) >= 11 is 0. The lowest BCUT2D eigenvalue weighted by molar-refractivity contribution is 0.171. The number of ether oxygens (including phenoxy) is 2. The van der Waals surface area contributed by atoms with Crippen molar-refractivity contribution in [2.45, 2.75) is 24.2 Å². The molecule has 6 nitrogen and oxygen atoms in total. The van der Waals surface area contributed by atoms with Crippen molar-refractivity contribution < 1.29 is 17.9 Å². The van der Waals surface area contributed by atoms with Crippen LogP contribution in [0.4, 0.5) is 11.4 Å². The van der Waals surface area contributed by atoms with Crippen molar-refractivity contribution in [1.82, 2.24) is 0 Å². The molecule has 2 aromatic carbocycles. The molecule has 2 aromatic rings. The quantitative estimate of drug-likeness (QED) is 0.833. The number of rotatable bonds is 2. The second-order valence-corrected chi connectivity index (χ2v) is 8.09. The van der Waals surface area contributed by atoms with Gasteiger partial charge in [0.05, 0.1) is 10.6 Å². The first-order chi connectivity index (χ1) is 12.1. The van der Waals surface area contributed by atoms with Gasteiger partial charge in [0.15, 0.2) is 11.5 Å². The first-order valence-electron chi connectivity index (χ1n) is 8.36. The fourth-order valence-electron chi connectivity index (χ4n) is 3.30. The van der Waals surface area contributed by atoms with E-state index in [1.165, 1.54) is 10.4 Å². The summed E-state index contributed by atoms with van der Waals surface area (Å²) < 4.78 is 39.2. The van der Waals surface area contributed by atoms with Gasteiger partial charge in [-0.1, -0.05) is 6.07 Å². The van der Waals surface area contributed by atoms with Crippen LogP contribution in [0.3, 0.4) is 0 Å². The minimum Gasteiger partial charge on any atom is -0.486 e. The maximum Gasteiger partial charge on any atom is 0.264 e. The summed E-state index contributed by atoms with van der Waals surface area (Å²) in [5.74, 6) is 1.29. The van der Waals surface area contributed by atoms with Crippen molar-refractivity contribution in [3.05, 3.63) is 42.0 Å². The molecule has 0 bridgehead atoms. The molecule has 2 N–H and O–H groups in total. The topological polar surface area (TPSA) is 81.9 Å². The molecule has 0 unspecified atom stereocenters. The lowest BCUT2D eigenvalue weighted by Gasteiger charge is -2.27. The molecule has 0 saturated heterocycles. The lowest BCUT2D eigenvalue weighted by atomic mass is 10.1. The predicted octanol–water partition coefficient (Wildman–Crippen LogP) is 2.57. The number of sulfonamides is 1. The zero-order chi connectivity index (χ0) is 17.4. The number of benzene rings is 2. The summed E-state index contributed by atoms with van der Waals surface area (Å²) in [5, 5.41) is 0. The Labute approximate surface area is 147 Å². The largest absolute Gasteiger partial charge is 0.486 e. The normalized spacial score (nSPS) is 16.9. The zero-order valence-corrected chi connectivity index (χ0v) is 14.6. The van der Waals surface area contributed by atoms with E-state index < -0.39 is 10.0 Å². The first-order valence-corrected chi connectivity index (χ1v) is 9.80. The van der Waals surface area contributed by atoms with Crippen molar-refractivity contribution in [1.29, 1.82) is 0 Å². The van der Waals surface area contributed by atoms with Gasteiger partial charge in [-0.2, -0.15) is 0 Å². The van der Waals surface area contributed by atoms with Crippen molar-refractivity contribution in [2.24, 2.45) is 0 Å². The predicted molar refractivity (Wildman–Crippen MR) is 95.8 cm³/mol. The van der Waals surface area contributed by atoms with Crippen molar-refractivity contribution in [3.8, 4) is 11.5 Å². The maximum absolute atomic E-state index is 13.2. The molecule has 25 heavy (non-hydrogen) atoms. The molecule has 0 spiro atoms. The molecule has 0 radical (unpaired) electrons. The lowest BCUT2D eigenvalue weighted by Crippen LogP contribution is -2.32. The van der Waals surface area contributed by atoms with Crippen LogP contribution in [0.15, 0.2) is 41.3 Å². The van der Waals surface area contributed by atoms with Gasteiger partial charge < -0.3 is 15.2 Å². The Morgan fingerprint density at radius 2 is 1.76 bits per heavy atom. The standard InChI is InChI=1S/C18H20N2O4S/c19-14-5-3-6-15(11-14)25(21,22)20-7-2-1-4-13-10-17-18(12-16(13)20)24-9-8-23-17/h3,5-6,10-12H,1-2,4,7-9,19H2. The van der Waals surface area contributed by atoms with Crippen LogP contribution in [-0.2, 0) is 16.4 Å². The third-order valence-electron chi connectivity index (χ3n) is 4.52. The van der Waals surface area contributed by atoms with Crippen LogP contribution in [0.5, 0.6) is 11.5 Å². The molecular weight excluding hydrogens is 340 g/mol. The SMILES string of the molecule is Nc1cccc(S(=O)(=O)N2CCCCc3cc4c(cc32)OCCO4)c1. The van der Waals surface area contributed by atoms with Gasteiger partial charge >= 0.3 is 0 Å². The van der Waals surface area contributed by atoms with E-state index in [0.717, 1.165) is 24.8 Å². The summed E-state index contributed by atoms with van der Waals surface area (Å²) in [7, 11) is -3.69. The molecule has 2 aliphatic rings. The second kappa shape index (κ2) is 6.15. The highest BCUT2D eigenvalue weighted by Crippen LogP contribution is 2.40. The number of aryl methyl sites for hydroxylation is 1. The molecule has 132 valence electrons. The van der Waals surface area contributed by atoms with Crippen LogP contribution in [0.2, 0.25) is 0 Å². The second-order valence-electron chi connectivity index (χ2n) is 6.23. The molecule has 2 heterocycles. The molecule has 0 atom stereocenters.